The highest BCUT2D eigenvalue weighted by Gasteiger charge is 2.62. The first-order valence-corrected chi connectivity index (χ1v) is 14.6. The first-order chi connectivity index (χ1) is 20.5. The number of rotatable bonds is 8. The maximum Gasteiger partial charge on any atom is 0.411 e. The molecule has 43 heavy (non-hydrogen) atoms. The van der Waals surface area contributed by atoms with E-state index in [-0.39, 0.29) is 18.9 Å². The summed E-state index contributed by atoms with van der Waals surface area (Å²) in [4.78, 5) is 46.0. The van der Waals surface area contributed by atoms with E-state index in [1.807, 2.05) is 61.5 Å². The summed E-state index contributed by atoms with van der Waals surface area (Å²) in [5.74, 6) is 0.293. The molecule has 0 bridgehead atoms. The lowest BCUT2D eigenvalue weighted by molar-refractivity contribution is -0.147. The van der Waals surface area contributed by atoms with Crippen molar-refractivity contribution in [2.24, 2.45) is 5.92 Å². The van der Waals surface area contributed by atoms with E-state index in [1.54, 1.807) is 27.9 Å². The van der Waals surface area contributed by atoms with Gasteiger partial charge >= 0.3 is 12.1 Å². The Labute approximate surface area is 251 Å². The van der Waals surface area contributed by atoms with Gasteiger partial charge in [-0.15, -0.1) is 0 Å². The largest absolute Gasteiger partial charge is 0.497 e. The Morgan fingerprint density at radius 1 is 1.07 bits per heavy atom. The number of hydrogen-bond donors (Lipinski definition) is 1. The molecule has 4 atom stereocenters. The average Bonchev–Trinajstić information content (AvgIpc) is 3.54. The van der Waals surface area contributed by atoms with E-state index in [9.17, 15) is 14.4 Å². The number of hydrogen-bond acceptors (Lipinski definition) is 8. The van der Waals surface area contributed by atoms with Gasteiger partial charge in [0.15, 0.2) is 0 Å². The van der Waals surface area contributed by atoms with E-state index in [0.717, 1.165) is 10.9 Å². The fourth-order valence-corrected chi connectivity index (χ4v) is 5.75. The van der Waals surface area contributed by atoms with Crippen molar-refractivity contribution in [1.82, 2.24) is 15.2 Å². The Hall–Kier alpha value is -4.34. The van der Waals surface area contributed by atoms with Gasteiger partial charge in [0.1, 0.15) is 34.8 Å². The molecule has 10 nitrogen and oxygen atoms in total. The number of fused-ring (bicyclic) bond motifs is 1. The lowest BCUT2D eigenvalue weighted by atomic mass is 10.1. The van der Waals surface area contributed by atoms with Gasteiger partial charge in [0.05, 0.1) is 32.0 Å². The molecule has 1 saturated heterocycles. The van der Waals surface area contributed by atoms with Gasteiger partial charge in [-0.3, -0.25) is 9.69 Å². The number of likely N-dealkylation sites (tertiary alicyclic amines) is 1. The van der Waals surface area contributed by atoms with Gasteiger partial charge in [-0.2, -0.15) is 0 Å². The number of methoxy groups -OCH3 is 2. The molecule has 1 N–H and O–H groups in total. The van der Waals surface area contributed by atoms with E-state index < -0.39 is 41.3 Å². The summed E-state index contributed by atoms with van der Waals surface area (Å²) in [7, 11) is 2.91. The number of pyridine rings is 1. The normalized spacial score (nSPS) is 23.0. The highest BCUT2D eigenvalue weighted by atomic mass is 16.6. The number of aromatic nitrogens is 1. The van der Waals surface area contributed by atoms with Gasteiger partial charge < -0.3 is 24.3 Å². The summed E-state index contributed by atoms with van der Waals surface area (Å²) >= 11 is 0. The van der Waals surface area contributed by atoms with Gasteiger partial charge in [0.2, 0.25) is 5.91 Å². The maximum absolute atomic E-state index is 13.7. The second-order valence-electron chi connectivity index (χ2n) is 12.1. The molecule has 1 aliphatic carbocycles. The van der Waals surface area contributed by atoms with Crippen LogP contribution in [0.2, 0.25) is 0 Å². The minimum absolute atomic E-state index is 0.0242. The zero-order valence-corrected chi connectivity index (χ0v) is 25.5. The van der Waals surface area contributed by atoms with Crippen molar-refractivity contribution in [2.45, 2.75) is 70.2 Å². The third-order valence-electron chi connectivity index (χ3n) is 8.03. The molecule has 228 valence electrons. The summed E-state index contributed by atoms with van der Waals surface area (Å²) in [6.45, 7) is 7.40. The number of benzene rings is 2. The fraction of sp³-hybridized carbons (Fsp3) is 0.455. The van der Waals surface area contributed by atoms with E-state index in [2.05, 4.69) is 5.32 Å². The Balaban J connectivity index is 1.46. The number of esters is 1. The first-order valence-electron chi connectivity index (χ1n) is 14.6. The standard InChI is InChI=1S/C33H39N3O7/c1-7-21-18-33(21,30(38)41-6)35-29(37)27-16-23(19-36(27)31(39)43-32(2,3)4)42-28-17-25(20-11-9-8-10-12-20)34-26-15-22(40-5)13-14-24(26)28/h8-15,17,21,23,27H,7,16,18-19H2,1-6H3,(H,35,37)/t21-,23-,27+,33-/m1/s1. The molecular weight excluding hydrogens is 550 g/mol. The topological polar surface area (TPSA) is 116 Å². The third kappa shape index (κ3) is 6.23. The zero-order valence-electron chi connectivity index (χ0n) is 25.5. The van der Waals surface area contributed by atoms with Crippen LogP contribution >= 0.6 is 0 Å². The molecule has 0 unspecified atom stereocenters. The van der Waals surface area contributed by atoms with E-state index in [0.29, 0.717) is 35.6 Å². The Kier molecular flexibility index (Phi) is 8.23. The molecule has 2 amide bonds. The summed E-state index contributed by atoms with van der Waals surface area (Å²) < 4.78 is 22.7. The van der Waals surface area contributed by atoms with Crippen LogP contribution in [0.4, 0.5) is 4.79 Å². The van der Waals surface area contributed by atoms with Crippen molar-refractivity contribution in [3.05, 3.63) is 54.6 Å². The Bertz CT molecular complexity index is 1520. The second-order valence-corrected chi connectivity index (χ2v) is 12.1. The number of nitrogens with one attached hydrogen (secondary N) is 1. The number of carbonyl (C=O) groups excluding carboxylic acids is 3. The van der Waals surface area contributed by atoms with Crippen molar-refractivity contribution in [3.8, 4) is 22.8 Å². The predicted octanol–water partition coefficient (Wildman–Crippen LogP) is 5.13. The van der Waals surface area contributed by atoms with Gasteiger partial charge in [-0.05, 0) is 45.2 Å². The predicted molar refractivity (Wildman–Crippen MR) is 161 cm³/mol. The van der Waals surface area contributed by atoms with Crippen LogP contribution < -0.4 is 14.8 Å². The molecule has 2 aromatic carbocycles. The van der Waals surface area contributed by atoms with Crippen LogP contribution in [0.25, 0.3) is 22.2 Å². The molecule has 3 aromatic rings. The minimum Gasteiger partial charge on any atom is -0.497 e. The molecule has 5 rings (SSSR count). The number of nitrogens with zero attached hydrogens (tertiary/aromatic N) is 2. The van der Waals surface area contributed by atoms with E-state index in [4.69, 9.17) is 23.9 Å². The van der Waals surface area contributed by atoms with Crippen LogP contribution in [0.15, 0.2) is 54.6 Å². The summed E-state index contributed by atoms with van der Waals surface area (Å²) in [5, 5.41) is 3.69. The second kappa shape index (κ2) is 11.7. The molecule has 1 saturated carbocycles. The Morgan fingerprint density at radius 3 is 2.44 bits per heavy atom. The van der Waals surface area contributed by atoms with Gasteiger partial charge in [-0.25, -0.2) is 14.6 Å². The molecular formula is C33H39N3O7. The lowest BCUT2D eigenvalue weighted by Gasteiger charge is -2.28. The van der Waals surface area contributed by atoms with Crippen LogP contribution in [0.5, 0.6) is 11.5 Å². The van der Waals surface area contributed by atoms with E-state index >= 15 is 0 Å². The first kappa shape index (κ1) is 30.1. The van der Waals surface area contributed by atoms with Gasteiger partial charge in [0, 0.05) is 29.5 Å². The molecule has 2 aliphatic rings. The molecule has 10 heteroatoms. The van der Waals surface area contributed by atoms with E-state index in [1.165, 1.54) is 12.0 Å². The fourth-order valence-electron chi connectivity index (χ4n) is 5.75. The minimum atomic E-state index is -1.08. The molecule has 2 fully saturated rings. The zero-order chi connectivity index (χ0) is 30.9. The molecule has 1 aromatic heterocycles. The maximum atomic E-state index is 13.7. The van der Waals surface area contributed by atoms with Crippen LogP contribution in [0.3, 0.4) is 0 Å². The van der Waals surface area contributed by atoms with Crippen molar-refractivity contribution in [3.63, 3.8) is 0 Å². The quantitative estimate of drug-likeness (QED) is 0.360. The molecule has 0 spiro atoms. The summed E-state index contributed by atoms with van der Waals surface area (Å²) in [5.41, 5.74) is 0.473. The number of ether oxygens (including phenoxy) is 4. The monoisotopic (exact) mass is 589 g/mol. The highest BCUT2D eigenvalue weighted by molar-refractivity contribution is 5.94. The SMILES string of the molecule is CC[C@@H]1C[C@]1(NC(=O)[C@@H]1C[C@@H](Oc2cc(-c3ccccc3)nc3cc(OC)ccc23)CN1C(=O)OC(C)(C)C)C(=O)OC. The Morgan fingerprint density at radius 2 is 1.81 bits per heavy atom. The average molecular weight is 590 g/mol. The highest BCUT2D eigenvalue weighted by Crippen LogP contribution is 2.47. The number of amides is 2. The van der Waals surface area contributed by atoms with Crippen LogP contribution in [-0.4, -0.2) is 71.9 Å². The third-order valence-corrected chi connectivity index (χ3v) is 8.03. The van der Waals surface area contributed by atoms with Crippen molar-refractivity contribution < 1.29 is 33.3 Å². The van der Waals surface area contributed by atoms with Crippen molar-refractivity contribution in [1.29, 1.82) is 0 Å². The van der Waals surface area contributed by atoms with Crippen LogP contribution in [-0.2, 0) is 19.1 Å². The number of carbonyl (C=O) groups is 3. The van der Waals surface area contributed by atoms with Crippen molar-refractivity contribution in [2.75, 3.05) is 20.8 Å². The molecule has 0 radical (unpaired) electrons. The lowest BCUT2D eigenvalue weighted by Crippen LogP contribution is -2.53. The molecule has 1 aliphatic heterocycles. The van der Waals surface area contributed by atoms with Crippen LogP contribution in [0, 0.1) is 5.92 Å². The van der Waals surface area contributed by atoms with Gasteiger partial charge in [-0.1, -0.05) is 43.7 Å². The summed E-state index contributed by atoms with van der Waals surface area (Å²) in [6.07, 6.45) is 0.263. The smallest absolute Gasteiger partial charge is 0.411 e. The van der Waals surface area contributed by atoms with Gasteiger partial charge in [0.25, 0.3) is 0 Å². The van der Waals surface area contributed by atoms with Crippen LogP contribution in [0.1, 0.15) is 47.0 Å². The van der Waals surface area contributed by atoms with Crippen molar-refractivity contribution >= 4 is 28.9 Å². The summed E-state index contributed by atoms with van der Waals surface area (Å²) in [6, 6.07) is 16.3. The molecule has 2 heterocycles.